The summed E-state index contributed by atoms with van der Waals surface area (Å²) in [7, 11) is -3.22. The van der Waals surface area contributed by atoms with Crippen LogP contribution in [0.1, 0.15) is 12.8 Å². The fourth-order valence-corrected chi connectivity index (χ4v) is 4.26. The zero-order valence-electron chi connectivity index (χ0n) is 15.8. The van der Waals surface area contributed by atoms with Gasteiger partial charge < -0.3 is 10.6 Å². The van der Waals surface area contributed by atoms with E-state index in [1.807, 2.05) is 0 Å². The number of hydrogen-bond donors (Lipinski definition) is 1. The van der Waals surface area contributed by atoms with Crippen molar-refractivity contribution in [2.75, 3.05) is 24.2 Å². The first kappa shape index (κ1) is 21.4. The number of benzene rings is 2. The third-order valence-electron chi connectivity index (χ3n) is 4.90. The minimum atomic E-state index is -3.22. The molecule has 1 fully saturated rings. The Morgan fingerprint density at radius 3 is 2.34 bits per heavy atom. The highest BCUT2D eigenvalue weighted by Gasteiger charge is 2.27. The van der Waals surface area contributed by atoms with E-state index in [4.69, 9.17) is 5.73 Å². The molecule has 0 amide bonds. The van der Waals surface area contributed by atoms with E-state index in [0.717, 1.165) is 5.69 Å². The number of Topliss-reactive ketones (excluding diaryl/α,β-unsaturated/α-hetero) is 1. The molecule has 2 aromatic carbocycles. The zero-order chi connectivity index (χ0) is 21.2. The van der Waals surface area contributed by atoms with Crippen LogP contribution < -0.4 is 10.6 Å². The first-order valence-corrected chi connectivity index (χ1v) is 11.7. The zero-order valence-corrected chi connectivity index (χ0v) is 18.2. The van der Waals surface area contributed by atoms with Crippen molar-refractivity contribution < 1.29 is 17.6 Å². The number of halogens is 2. The summed E-state index contributed by atoms with van der Waals surface area (Å²) in [6, 6.07) is 10.9. The van der Waals surface area contributed by atoms with Crippen molar-refractivity contribution in [2.24, 2.45) is 16.6 Å². The highest BCUT2D eigenvalue weighted by atomic mass is 79.9. The Hall–Kier alpha value is -2.26. The third-order valence-corrected chi connectivity index (χ3v) is 6.64. The van der Waals surface area contributed by atoms with Gasteiger partial charge in [-0.15, -0.1) is 0 Å². The fourth-order valence-electron chi connectivity index (χ4n) is 3.26. The highest BCUT2D eigenvalue weighted by molar-refractivity contribution is 9.10. The van der Waals surface area contributed by atoms with Crippen LogP contribution in [0.2, 0.25) is 0 Å². The van der Waals surface area contributed by atoms with Crippen molar-refractivity contribution in [1.82, 2.24) is 0 Å². The second-order valence-corrected chi connectivity index (χ2v) is 9.86. The molecule has 0 aromatic heterocycles. The number of hydrogen-bond acceptors (Lipinski definition) is 5. The molecule has 0 atom stereocenters. The quantitative estimate of drug-likeness (QED) is 0.521. The van der Waals surface area contributed by atoms with Crippen molar-refractivity contribution in [3.63, 3.8) is 0 Å². The summed E-state index contributed by atoms with van der Waals surface area (Å²) < 4.78 is 36.7. The number of carbonyl (C=O) groups is 1. The first-order valence-electron chi connectivity index (χ1n) is 9.03. The molecule has 0 unspecified atom stereocenters. The summed E-state index contributed by atoms with van der Waals surface area (Å²) in [4.78, 5) is 19.1. The van der Waals surface area contributed by atoms with Gasteiger partial charge in [-0.05, 0) is 71.2 Å². The number of aliphatic imine (C=N–C) groups is 1. The fraction of sp³-hybridized carbons (Fsp3) is 0.300. The van der Waals surface area contributed by atoms with Gasteiger partial charge in [-0.1, -0.05) is 0 Å². The maximum atomic E-state index is 13.3. The first-order chi connectivity index (χ1) is 13.6. The van der Waals surface area contributed by atoms with E-state index in [9.17, 15) is 17.6 Å². The smallest absolute Gasteiger partial charge is 0.200 e. The van der Waals surface area contributed by atoms with Gasteiger partial charge in [0.2, 0.25) is 5.78 Å². The molecule has 29 heavy (non-hydrogen) atoms. The minimum absolute atomic E-state index is 0.0838. The topological polar surface area (TPSA) is 92.8 Å². The molecule has 0 spiro atoms. The molecule has 1 aliphatic heterocycles. The number of nitrogens with zero attached hydrogens (tertiary/aromatic N) is 2. The van der Waals surface area contributed by atoms with Crippen LogP contribution >= 0.6 is 15.9 Å². The Kier molecular flexibility index (Phi) is 6.38. The Balaban J connectivity index is 1.63. The van der Waals surface area contributed by atoms with E-state index in [-0.39, 0.29) is 26.9 Å². The summed E-state index contributed by atoms with van der Waals surface area (Å²) in [6.07, 6.45) is 2.42. The van der Waals surface area contributed by atoms with Gasteiger partial charge in [0.25, 0.3) is 0 Å². The molecule has 3 rings (SSSR count). The molecule has 6 nitrogen and oxygen atoms in total. The number of anilines is 1. The molecule has 0 aliphatic carbocycles. The molecule has 1 saturated heterocycles. The van der Waals surface area contributed by atoms with Crippen LogP contribution in [-0.2, 0) is 14.6 Å². The summed E-state index contributed by atoms with van der Waals surface area (Å²) >= 11 is 3.08. The molecule has 2 aromatic rings. The summed E-state index contributed by atoms with van der Waals surface area (Å²) in [5.74, 6) is -0.933. The molecule has 0 saturated carbocycles. The normalized spacial score (nSPS) is 16.1. The standard InChI is InChI=1S/C20H21BrFN3O3S/c1-29(27,28)16-5-3-15(4-6-16)25-10-8-13(9-11-25)19(26)20(23)24-14-2-7-18(22)17(21)12-14/h2-7,12-13H,8-11H2,1H3,(H2,23,24). The van der Waals surface area contributed by atoms with Gasteiger partial charge in [-0.3, -0.25) is 4.79 Å². The lowest BCUT2D eigenvalue weighted by molar-refractivity contribution is -0.117. The average molecular weight is 482 g/mol. The summed E-state index contributed by atoms with van der Waals surface area (Å²) in [5, 5.41) is 0. The van der Waals surface area contributed by atoms with Crippen LogP contribution in [0.15, 0.2) is 56.8 Å². The maximum absolute atomic E-state index is 13.3. The van der Waals surface area contributed by atoms with E-state index in [0.29, 0.717) is 31.6 Å². The van der Waals surface area contributed by atoms with Gasteiger partial charge in [0.15, 0.2) is 15.7 Å². The van der Waals surface area contributed by atoms with Crippen LogP contribution in [0.25, 0.3) is 0 Å². The molecule has 2 N–H and O–H groups in total. The Labute approximate surface area is 177 Å². The Morgan fingerprint density at radius 1 is 1.17 bits per heavy atom. The van der Waals surface area contributed by atoms with Crippen molar-refractivity contribution in [1.29, 1.82) is 0 Å². The number of amidine groups is 1. The van der Waals surface area contributed by atoms with Gasteiger partial charge in [-0.2, -0.15) is 0 Å². The van der Waals surface area contributed by atoms with Gasteiger partial charge in [0, 0.05) is 31.0 Å². The Morgan fingerprint density at radius 2 is 1.79 bits per heavy atom. The van der Waals surface area contributed by atoms with Crippen LogP contribution in [0.4, 0.5) is 15.8 Å². The predicted molar refractivity (Wildman–Crippen MR) is 115 cm³/mol. The number of rotatable bonds is 5. The molecule has 1 heterocycles. The van der Waals surface area contributed by atoms with E-state index < -0.39 is 15.7 Å². The summed E-state index contributed by atoms with van der Waals surface area (Å²) in [6.45, 7) is 1.31. The number of ketones is 1. The monoisotopic (exact) mass is 481 g/mol. The second kappa shape index (κ2) is 8.62. The van der Waals surface area contributed by atoms with Crippen LogP contribution in [0.5, 0.6) is 0 Å². The van der Waals surface area contributed by atoms with Crippen molar-refractivity contribution in [3.05, 3.63) is 52.8 Å². The molecular weight excluding hydrogens is 461 g/mol. The Bertz CT molecular complexity index is 1050. The van der Waals surface area contributed by atoms with Crippen LogP contribution in [0, 0.1) is 11.7 Å². The molecule has 9 heteroatoms. The van der Waals surface area contributed by atoms with E-state index in [1.165, 1.54) is 24.5 Å². The predicted octanol–water partition coefficient (Wildman–Crippen LogP) is 3.47. The molecule has 154 valence electrons. The number of carbonyl (C=O) groups excluding carboxylic acids is 1. The number of piperidine rings is 1. The van der Waals surface area contributed by atoms with E-state index in [1.54, 1.807) is 24.3 Å². The van der Waals surface area contributed by atoms with E-state index in [2.05, 4.69) is 25.8 Å². The third kappa shape index (κ3) is 5.22. The molecule has 1 aliphatic rings. The van der Waals surface area contributed by atoms with E-state index >= 15 is 0 Å². The lowest BCUT2D eigenvalue weighted by atomic mass is 9.91. The molecule has 0 bridgehead atoms. The second-order valence-electron chi connectivity index (χ2n) is 6.99. The van der Waals surface area contributed by atoms with Gasteiger partial charge in [0.1, 0.15) is 5.82 Å². The number of nitrogens with two attached hydrogens (primary N) is 1. The molecule has 0 radical (unpaired) electrons. The van der Waals surface area contributed by atoms with Crippen LogP contribution in [0.3, 0.4) is 0 Å². The van der Waals surface area contributed by atoms with Crippen molar-refractivity contribution in [2.45, 2.75) is 17.7 Å². The maximum Gasteiger partial charge on any atom is 0.200 e. The SMILES string of the molecule is CS(=O)(=O)c1ccc(N2CCC(C(=O)C(N)=Nc3ccc(F)c(Br)c3)CC2)cc1. The van der Waals surface area contributed by atoms with Gasteiger partial charge in [0.05, 0.1) is 15.1 Å². The average Bonchev–Trinajstić information content (AvgIpc) is 2.70. The van der Waals surface area contributed by atoms with Gasteiger partial charge >= 0.3 is 0 Å². The highest BCUT2D eigenvalue weighted by Crippen LogP contribution is 2.26. The number of sulfone groups is 1. The van der Waals surface area contributed by atoms with Gasteiger partial charge in [-0.25, -0.2) is 17.8 Å². The van der Waals surface area contributed by atoms with Crippen molar-refractivity contribution >= 4 is 48.8 Å². The largest absolute Gasteiger partial charge is 0.381 e. The minimum Gasteiger partial charge on any atom is -0.381 e. The van der Waals surface area contributed by atoms with Crippen molar-refractivity contribution in [3.8, 4) is 0 Å². The summed E-state index contributed by atoms with van der Waals surface area (Å²) in [5.41, 5.74) is 7.22. The lowest BCUT2D eigenvalue weighted by Crippen LogP contribution is -2.40. The molecular formula is C20H21BrFN3O3S. The lowest BCUT2D eigenvalue weighted by Gasteiger charge is -2.33. The van der Waals surface area contributed by atoms with Crippen LogP contribution in [-0.4, -0.2) is 39.4 Å².